The number of halogens is 2. The molecule has 0 bridgehead atoms. The van der Waals surface area contributed by atoms with Gasteiger partial charge >= 0.3 is 0 Å². The van der Waals surface area contributed by atoms with Gasteiger partial charge in [-0.3, -0.25) is 4.79 Å². The minimum Gasteiger partial charge on any atom is -0.492 e. The lowest BCUT2D eigenvalue weighted by molar-refractivity contribution is -0.116. The second-order valence-electron chi connectivity index (χ2n) is 4.34. The highest BCUT2D eigenvalue weighted by molar-refractivity contribution is 9.10. The van der Waals surface area contributed by atoms with Crippen LogP contribution in [0.3, 0.4) is 0 Å². The second kappa shape index (κ2) is 7.08. The molecule has 2 rings (SSSR count). The number of carbonyl (C=O) groups is 1. The molecule has 0 aliphatic heterocycles. The van der Waals surface area contributed by atoms with Crippen molar-refractivity contribution in [3.63, 3.8) is 0 Å². The summed E-state index contributed by atoms with van der Waals surface area (Å²) in [6.45, 7) is 0.199. The number of rotatable bonds is 5. The molecule has 0 heterocycles. The van der Waals surface area contributed by atoms with Gasteiger partial charge in [0.1, 0.15) is 11.6 Å². The van der Waals surface area contributed by atoms with Crippen molar-refractivity contribution in [2.45, 2.75) is 6.42 Å². The highest BCUT2D eigenvalue weighted by Crippen LogP contribution is 2.25. The molecule has 110 valence electrons. The van der Waals surface area contributed by atoms with Crippen molar-refractivity contribution in [3.8, 4) is 5.75 Å². The summed E-state index contributed by atoms with van der Waals surface area (Å²) >= 11 is 3.20. The first-order valence-corrected chi connectivity index (χ1v) is 7.07. The Morgan fingerprint density at radius 1 is 1.24 bits per heavy atom. The standard InChI is InChI=1S/C15H14BrFN2O2/c16-13-9-10(17)1-6-14(13)21-8-7-15(20)19-12-4-2-11(18)3-5-12/h1-6,9H,7-8,18H2,(H,19,20). The fraction of sp³-hybridized carbons (Fsp3) is 0.133. The molecule has 0 atom stereocenters. The van der Waals surface area contributed by atoms with E-state index in [4.69, 9.17) is 10.5 Å². The largest absolute Gasteiger partial charge is 0.492 e. The van der Waals surface area contributed by atoms with Crippen LogP contribution in [0.1, 0.15) is 6.42 Å². The van der Waals surface area contributed by atoms with Crippen molar-refractivity contribution in [1.29, 1.82) is 0 Å². The number of ether oxygens (including phenoxy) is 1. The fourth-order valence-electron chi connectivity index (χ4n) is 1.64. The van der Waals surface area contributed by atoms with E-state index in [0.717, 1.165) is 0 Å². The van der Waals surface area contributed by atoms with Crippen molar-refractivity contribution >= 4 is 33.2 Å². The van der Waals surface area contributed by atoms with E-state index in [0.29, 0.717) is 21.6 Å². The number of benzene rings is 2. The predicted molar refractivity (Wildman–Crippen MR) is 83.7 cm³/mol. The first-order chi connectivity index (χ1) is 10.0. The SMILES string of the molecule is Nc1ccc(NC(=O)CCOc2ccc(F)cc2Br)cc1. The number of hydrogen-bond acceptors (Lipinski definition) is 3. The Morgan fingerprint density at radius 3 is 2.62 bits per heavy atom. The summed E-state index contributed by atoms with van der Waals surface area (Å²) in [7, 11) is 0. The molecule has 0 saturated heterocycles. The zero-order chi connectivity index (χ0) is 15.2. The zero-order valence-corrected chi connectivity index (χ0v) is 12.7. The average Bonchev–Trinajstić information content (AvgIpc) is 2.44. The van der Waals surface area contributed by atoms with Crippen LogP contribution < -0.4 is 15.8 Å². The maximum atomic E-state index is 12.9. The van der Waals surface area contributed by atoms with Crippen LogP contribution in [-0.4, -0.2) is 12.5 Å². The minimum absolute atomic E-state index is 0.169. The lowest BCUT2D eigenvalue weighted by Crippen LogP contribution is -2.15. The van der Waals surface area contributed by atoms with Gasteiger partial charge in [-0.05, 0) is 58.4 Å². The maximum Gasteiger partial charge on any atom is 0.227 e. The van der Waals surface area contributed by atoms with Gasteiger partial charge in [0.2, 0.25) is 5.91 Å². The van der Waals surface area contributed by atoms with E-state index < -0.39 is 0 Å². The molecule has 0 unspecified atom stereocenters. The predicted octanol–water partition coefficient (Wildman–Crippen LogP) is 3.58. The van der Waals surface area contributed by atoms with Crippen LogP contribution in [0.4, 0.5) is 15.8 Å². The van der Waals surface area contributed by atoms with Crippen molar-refractivity contribution in [2.75, 3.05) is 17.7 Å². The van der Waals surface area contributed by atoms with E-state index in [1.165, 1.54) is 18.2 Å². The number of nitrogens with two attached hydrogens (primary N) is 1. The Labute approximate surface area is 130 Å². The summed E-state index contributed by atoms with van der Waals surface area (Å²) in [5.74, 6) is -0.0231. The molecule has 0 radical (unpaired) electrons. The van der Waals surface area contributed by atoms with Crippen LogP contribution in [0, 0.1) is 5.82 Å². The third kappa shape index (κ3) is 4.75. The molecule has 1 amide bonds. The molecule has 4 nitrogen and oxygen atoms in total. The summed E-state index contributed by atoms with van der Waals surface area (Å²) in [4.78, 5) is 11.7. The molecule has 0 fully saturated rings. The Balaban J connectivity index is 1.80. The van der Waals surface area contributed by atoms with Crippen LogP contribution in [0.2, 0.25) is 0 Å². The third-order valence-electron chi connectivity index (χ3n) is 2.68. The van der Waals surface area contributed by atoms with Gasteiger partial charge in [0.25, 0.3) is 0 Å². The highest BCUT2D eigenvalue weighted by atomic mass is 79.9. The van der Waals surface area contributed by atoms with Gasteiger partial charge in [-0.25, -0.2) is 4.39 Å². The molecule has 0 aliphatic carbocycles. The van der Waals surface area contributed by atoms with Crippen LogP contribution in [-0.2, 0) is 4.79 Å². The van der Waals surface area contributed by atoms with E-state index in [9.17, 15) is 9.18 Å². The molecule has 2 aromatic carbocycles. The topological polar surface area (TPSA) is 64.3 Å². The normalized spacial score (nSPS) is 10.2. The van der Waals surface area contributed by atoms with Crippen molar-refractivity contribution < 1.29 is 13.9 Å². The molecule has 0 aliphatic rings. The van der Waals surface area contributed by atoms with Gasteiger partial charge in [-0.2, -0.15) is 0 Å². The summed E-state index contributed by atoms with van der Waals surface area (Å²) in [6.07, 6.45) is 0.189. The van der Waals surface area contributed by atoms with E-state index in [2.05, 4.69) is 21.2 Å². The highest BCUT2D eigenvalue weighted by Gasteiger charge is 2.06. The summed E-state index contributed by atoms with van der Waals surface area (Å²) in [5.41, 5.74) is 6.88. The van der Waals surface area contributed by atoms with Gasteiger partial charge in [0, 0.05) is 11.4 Å². The second-order valence-corrected chi connectivity index (χ2v) is 5.20. The molecule has 0 spiro atoms. The summed E-state index contributed by atoms with van der Waals surface area (Å²) in [5, 5.41) is 2.73. The Morgan fingerprint density at radius 2 is 1.95 bits per heavy atom. The van der Waals surface area contributed by atoms with Crippen molar-refractivity contribution in [1.82, 2.24) is 0 Å². The molecular formula is C15H14BrFN2O2. The number of nitrogen functional groups attached to an aromatic ring is 1. The van der Waals surface area contributed by atoms with Crippen molar-refractivity contribution in [2.24, 2.45) is 0 Å². The molecule has 21 heavy (non-hydrogen) atoms. The number of nitrogens with one attached hydrogen (secondary N) is 1. The molecule has 0 saturated carbocycles. The Bertz CT molecular complexity index is 632. The first-order valence-electron chi connectivity index (χ1n) is 6.28. The van der Waals surface area contributed by atoms with Gasteiger partial charge in [0.05, 0.1) is 17.5 Å². The Hall–Kier alpha value is -2.08. The van der Waals surface area contributed by atoms with Crippen molar-refractivity contribution in [3.05, 3.63) is 52.8 Å². The first kappa shape index (κ1) is 15.3. The number of hydrogen-bond donors (Lipinski definition) is 2. The molecule has 2 aromatic rings. The molecule has 6 heteroatoms. The van der Waals surface area contributed by atoms with Crippen LogP contribution >= 0.6 is 15.9 Å². The number of amides is 1. The lowest BCUT2D eigenvalue weighted by Gasteiger charge is -2.09. The fourth-order valence-corrected chi connectivity index (χ4v) is 2.10. The lowest BCUT2D eigenvalue weighted by atomic mass is 10.3. The van der Waals surface area contributed by atoms with Crippen LogP contribution in [0.5, 0.6) is 5.75 Å². The van der Waals surface area contributed by atoms with Gasteiger partial charge in [-0.1, -0.05) is 0 Å². The maximum absolute atomic E-state index is 12.9. The van der Waals surface area contributed by atoms with Crippen LogP contribution in [0.15, 0.2) is 46.9 Å². The van der Waals surface area contributed by atoms with Gasteiger partial charge < -0.3 is 15.8 Å². The van der Waals surface area contributed by atoms with E-state index >= 15 is 0 Å². The summed E-state index contributed by atoms with van der Waals surface area (Å²) in [6, 6.07) is 11.0. The number of anilines is 2. The van der Waals surface area contributed by atoms with Crippen LogP contribution in [0.25, 0.3) is 0 Å². The Kier molecular flexibility index (Phi) is 5.16. The average molecular weight is 353 g/mol. The van der Waals surface area contributed by atoms with E-state index in [-0.39, 0.29) is 24.8 Å². The monoisotopic (exact) mass is 352 g/mol. The van der Waals surface area contributed by atoms with E-state index in [1.807, 2.05) is 0 Å². The third-order valence-corrected chi connectivity index (χ3v) is 3.29. The smallest absolute Gasteiger partial charge is 0.227 e. The van der Waals surface area contributed by atoms with E-state index in [1.54, 1.807) is 24.3 Å². The molecule has 3 N–H and O–H groups in total. The molecular weight excluding hydrogens is 339 g/mol. The zero-order valence-electron chi connectivity index (χ0n) is 11.1. The number of carbonyl (C=O) groups excluding carboxylic acids is 1. The molecule has 0 aromatic heterocycles. The minimum atomic E-state index is -0.352. The quantitative estimate of drug-likeness (QED) is 0.808. The van der Waals surface area contributed by atoms with Gasteiger partial charge in [-0.15, -0.1) is 0 Å². The summed E-state index contributed by atoms with van der Waals surface area (Å²) < 4.78 is 18.9. The van der Waals surface area contributed by atoms with Gasteiger partial charge in [0.15, 0.2) is 0 Å².